The van der Waals surface area contributed by atoms with Crippen molar-refractivity contribution in [2.75, 3.05) is 20.2 Å². The molecule has 4 nitrogen and oxygen atoms in total. The quantitative estimate of drug-likeness (QED) is 0.849. The molecule has 0 bridgehead atoms. The van der Waals surface area contributed by atoms with Gasteiger partial charge in [-0.05, 0) is 49.4 Å². The SMILES string of the molecule is CCC(Cc1c[nH]c2ccc(C(=O)OC)cc12)N1CCC(F)CC1. The van der Waals surface area contributed by atoms with E-state index >= 15 is 0 Å². The van der Waals surface area contributed by atoms with Crippen LogP contribution in [0.2, 0.25) is 0 Å². The number of H-pyrrole nitrogens is 1. The average Bonchev–Trinajstić information content (AvgIpc) is 3.02. The van der Waals surface area contributed by atoms with Crippen molar-refractivity contribution in [1.82, 2.24) is 9.88 Å². The fourth-order valence-electron chi connectivity index (χ4n) is 3.61. The van der Waals surface area contributed by atoms with E-state index in [-0.39, 0.29) is 5.97 Å². The van der Waals surface area contributed by atoms with Gasteiger partial charge in [0.25, 0.3) is 0 Å². The number of aromatic nitrogens is 1. The molecule has 0 aliphatic carbocycles. The summed E-state index contributed by atoms with van der Waals surface area (Å²) in [5.74, 6) is -0.318. The molecular weight excluding hydrogens is 307 g/mol. The smallest absolute Gasteiger partial charge is 0.337 e. The topological polar surface area (TPSA) is 45.3 Å². The van der Waals surface area contributed by atoms with Crippen LogP contribution in [-0.2, 0) is 11.2 Å². The van der Waals surface area contributed by atoms with Gasteiger partial charge in [0.15, 0.2) is 0 Å². The van der Waals surface area contributed by atoms with E-state index in [9.17, 15) is 9.18 Å². The van der Waals surface area contributed by atoms with Crippen LogP contribution in [0.1, 0.15) is 42.1 Å². The Labute approximate surface area is 142 Å². The third-order valence-corrected chi connectivity index (χ3v) is 5.09. The second-order valence-electron chi connectivity index (χ2n) is 6.54. The Bertz CT molecular complexity index is 704. The summed E-state index contributed by atoms with van der Waals surface area (Å²) in [5.41, 5.74) is 2.79. The van der Waals surface area contributed by atoms with Crippen LogP contribution in [-0.4, -0.2) is 48.3 Å². The second kappa shape index (κ2) is 7.34. The Kier molecular flexibility index (Phi) is 5.19. The molecule has 1 saturated heterocycles. The van der Waals surface area contributed by atoms with Gasteiger partial charge in [-0.1, -0.05) is 6.92 Å². The molecule has 0 amide bonds. The number of hydrogen-bond acceptors (Lipinski definition) is 3. The lowest BCUT2D eigenvalue weighted by Gasteiger charge is -2.35. The van der Waals surface area contributed by atoms with Crippen LogP contribution in [0, 0.1) is 0 Å². The number of carbonyl (C=O) groups is 1. The molecule has 130 valence electrons. The Hall–Kier alpha value is -1.88. The molecule has 1 atom stereocenters. The Morgan fingerprint density at radius 2 is 2.17 bits per heavy atom. The summed E-state index contributed by atoms with van der Waals surface area (Å²) < 4.78 is 18.2. The predicted molar refractivity (Wildman–Crippen MR) is 93.1 cm³/mol. The van der Waals surface area contributed by atoms with Crippen LogP contribution in [0.3, 0.4) is 0 Å². The highest BCUT2D eigenvalue weighted by Gasteiger charge is 2.24. The van der Waals surface area contributed by atoms with E-state index in [1.54, 1.807) is 6.07 Å². The number of fused-ring (bicyclic) bond motifs is 1. The number of ether oxygens (including phenoxy) is 1. The minimum absolute atomic E-state index is 0.318. The number of piperidine rings is 1. The standard InChI is InChI=1S/C19H25FN2O2/c1-3-16(22-8-6-15(20)7-9-22)10-14-12-21-18-5-4-13(11-17(14)18)19(23)24-2/h4-5,11-12,15-16,21H,3,6-10H2,1-2H3. The first-order chi connectivity index (χ1) is 11.6. The Morgan fingerprint density at radius 1 is 1.42 bits per heavy atom. The molecule has 1 N–H and O–H groups in total. The number of methoxy groups -OCH3 is 1. The van der Waals surface area contributed by atoms with E-state index in [1.165, 1.54) is 12.7 Å². The number of likely N-dealkylation sites (tertiary alicyclic amines) is 1. The molecule has 2 aromatic rings. The normalized spacial score (nSPS) is 18.0. The zero-order valence-corrected chi connectivity index (χ0v) is 14.3. The number of rotatable bonds is 5. The number of halogens is 1. The van der Waals surface area contributed by atoms with Crippen molar-refractivity contribution in [2.24, 2.45) is 0 Å². The summed E-state index contributed by atoms with van der Waals surface area (Å²) in [4.78, 5) is 17.5. The highest BCUT2D eigenvalue weighted by atomic mass is 19.1. The minimum Gasteiger partial charge on any atom is -0.465 e. The van der Waals surface area contributed by atoms with Crippen LogP contribution in [0.4, 0.5) is 4.39 Å². The molecule has 1 aromatic heterocycles. The molecular formula is C19H25FN2O2. The van der Waals surface area contributed by atoms with Gasteiger partial charge in [0.2, 0.25) is 0 Å². The number of esters is 1. The molecule has 1 aliphatic heterocycles. The predicted octanol–water partition coefficient (Wildman–Crippen LogP) is 3.71. The first-order valence-electron chi connectivity index (χ1n) is 8.68. The summed E-state index contributed by atoms with van der Waals surface area (Å²) in [6.07, 6.45) is 4.58. The van der Waals surface area contributed by atoms with Crippen molar-refractivity contribution < 1.29 is 13.9 Å². The van der Waals surface area contributed by atoms with E-state index in [2.05, 4.69) is 16.8 Å². The fraction of sp³-hybridized carbons (Fsp3) is 0.526. The van der Waals surface area contributed by atoms with Gasteiger partial charge in [-0.15, -0.1) is 0 Å². The lowest BCUT2D eigenvalue weighted by atomic mass is 9.98. The van der Waals surface area contributed by atoms with Crippen LogP contribution < -0.4 is 0 Å². The minimum atomic E-state index is -0.644. The molecule has 0 radical (unpaired) electrons. The van der Waals surface area contributed by atoms with Gasteiger partial charge in [0.05, 0.1) is 12.7 Å². The van der Waals surface area contributed by atoms with Gasteiger partial charge < -0.3 is 9.72 Å². The van der Waals surface area contributed by atoms with E-state index in [0.717, 1.165) is 36.8 Å². The third-order valence-electron chi connectivity index (χ3n) is 5.09. The molecule has 24 heavy (non-hydrogen) atoms. The first-order valence-corrected chi connectivity index (χ1v) is 8.68. The van der Waals surface area contributed by atoms with E-state index in [1.807, 2.05) is 18.3 Å². The number of carbonyl (C=O) groups excluding carboxylic acids is 1. The number of nitrogens with one attached hydrogen (secondary N) is 1. The van der Waals surface area contributed by atoms with Crippen molar-refractivity contribution >= 4 is 16.9 Å². The van der Waals surface area contributed by atoms with E-state index < -0.39 is 6.17 Å². The molecule has 1 unspecified atom stereocenters. The van der Waals surface area contributed by atoms with Gasteiger partial charge in [0, 0.05) is 36.2 Å². The summed E-state index contributed by atoms with van der Waals surface area (Å²) in [6, 6.07) is 5.99. The summed E-state index contributed by atoms with van der Waals surface area (Å²) in [7, 11) is 1.40. The average molecular weight is 332 g/mol. The zero-order chi connectivity index (χ0) is 17.1. The largest absolute Gasteiger partial charge is 0.465 e. The summed E-state index contributed by atoms with van der Waals surface area (Å²) in [6.45, 7) is 3.84. The van der Waals surface area contributed by atoms with E-state index in [0.29, 0.717) is 24.4 Å². The van der Waals surface area contributed by atoms with Gasteiger partial charge in [-0.3, -0.25) is 4.90 Å². The maximum Gasteiger partial charge on any atom is 0.337 e. The van der Waals surface area contributed by atoms with E-state index in [4.69, 9.17) is 4.74 Å². The maximum absolute atomic E-state index is 13.4. The number of benzene rings is 1. The maximum atomic E-state index is 13.4. The zero-order valence-electron chi connectivity index (χ0n) is 14.3. The van der Waals surface area contributed by atoms with Gasteiger partial charge in [-0.25, -0.2) is 9.18 Å². The lowest BCUT2D eigenvalue weighted by Crippen LogP contribution is -2.42. The number of hydrogen-bond donors (Lipinski definition) is 1. The molecule has 1 aliphatic rings. The lowest BCUT2D eigenvalue weighted by molar-refractivity contribution is 0.0601. The van der Waals surface area contributed by atoms with Crippen LogP contribution in [0.25, 0.3) is 10.9 Å². The number of nitrogens with zero attached hydrogens (tertiary/aromatic N) is 1. The van der Waals surface area contributed by atoms with Crippen LogP contribution in [0.5, 0.6) is 0 Å². The molecule has 0 saturated carbocycles. The third kappa shape index (κ3) is 3.46. The van der Waals surface area contributed by atoms with Crippen molar-refractivity contribution in [1.29, 1.82) is 0 Å². The Morgan fingerprint density at radius 3 is 2.83 bits per heavy atom. The van der Waals surface area contributed by atoms with Gasteiger partial charge in [-0.2, -0.15) is 0 Å². The highest BCUT2D eigenvalue weighted by molar-refractivity contribution is 5.95. The van der Waals surface area contributed by atoms with Crippen molar-refractivity contribution in [2.45, 2.75) is 44.8 Å². The molecule has 3 rings (SSSR count). The van der Waals surface area contributed by atoms with Crippen molar-refractivity contribution in [3.8, 4) is 0 Å². The van der Waals surface area contributed by atoms with Gasteiger partial charge in [0.1, 0.15) is 6.17 Å². The molecule has 0 spiro atoms. The molecule has 1 fully saturated rings. The molecule has 5 heteroatoms. The molecule has 1 aromatic carbocycles. The second-order valence-corrected chi connectivity index (χ2v) is 6.54. The summed E-state index contributed by atoms with van der Waals surface area (Å²) >= 11 is 0. The van der Waals surface area contributed by atoms with Crippen molar-refractivity contribution in [3.05, 3.63) is 35.5 Å². The fourth-order valence-corrected chi connectivity index (χ4v) is 3.61. The van der Waals surface area contributed by atoms with Crippen molar-refractivity contribution in [3.63, 3.8) is 0 Å². The molecule has 2 heterocycles. The van der Waals surface area contributed by atoms with Gasteiger partial charge >= 0.3 is 5.97 Å². The Balaban J connectivity index is 1.81. The van der Waals surface area contributed by atoms with Crippen LogP contribution >= 0.6 is 0 Å². The summed E-state index contributed by atoms with van der Waals surface area (Å²) in [5, 5.41) is 1.07. The van der Waals surface area contributed by atoms with Crippen LogP contribution in [0.15, 0.2) is 24.4 Å². The highest BCUT2D eigenvalue weighted by Crippen LogP contribution is 2.25. The number of alkyl halides is 1. The number of aromatic amines is 1. The first kappa shape index (κ1) is 17.0. The monoisotopic (exact) mass is 332 g/mol.